The van der Waals surface area contributed by atoms with E-state index in [0.29, 0.717) is 40.4 Å². The van der Waals surface area contributed by atoms with Gasteiger partial charge in [0.05, 0.1) is 35.7 Å². The molecule has 0 radical (unpaired) electrons. The number of esters is 1. The van der Waals surface area contributed by atoms with Gasteiger partial charge in [-0.05, 0) is 82.5 Å². The van der Waals surface area contributed by atoms with Crippen LogP contribution in [0.4, 0.5) is 10.1 Å². The van der Waals surface area contributed by atoms with E-state index in [0.717, 1.165) is 44.6 Å². The van der Waals surface area contributed by atoms with E-state index in [9.17, 15) is 19.2 Å². The smallest absolute Gasteiger partial charge is 0.343 e. The molecular formula is C33H39FN6O4. The van der Waals surface area contributed by atoms with Crippen LogP contribution in [0.5, 0.6) is 5.75 Å². The highest BCUT2D eigenvalue weighted by Gasteiger charge is 2.26. The Morgan fingerprint density at radius 1 is 1.14 bits per heavy atom. The van der Waals surface area contributed by atoms with Gasteiger partial charge in [-0.15, -0.1) is 0 Å². The Morgan fingerprint density at radius 3 is 2.45 bits per heavy atom. The lowest BCUT2D eigenvalue weighted by atomic mass is 10.00. The summed E-state index contributed by atoms with van der Waals surface area (Å²) in [6.45, 7) is 8.28. The van der Waals surface area contributed by atoms with Crippen LogP contribution in [0.2, 0.25) is 0 Å². The van der Waals surface area contributed by atoms with Crippen LogP contribution in [0, 0.1) is 31.0 Å². The highest BCUT2D eigenvalue weighted by Crippen LogP contribution is 2.29. The van der Waals surface area contributed by atoms with Crippen molar-refractivity contribution in [1.29, 1.82) is 5.26 Å². The molecule has 2 aromatic carbocycles. The molecule has 1 aromatic heterocycles. The zero-order valence-corrected chi connectivity index (χ0v) is 25.7. The van der Waals surface area contributed by atoms with E-state index < -0.39 is 5.97 Å². The van der Waals surface area contributed by atoms with Crippen molar-refractivity contribution in [3.8, 4) is 11.8 Å². The Bertz CT molecular complexity index is 1460. The first-order valence-corrected chi connectivity index (χ1v) is 14.7. The Hall–Kier alpha value is -4.56. The second kappa shape index (κ2) is 15.3. The van der Waals surface area contributed by atoms with Gasteiger partial charge in [-0.3, -0.25) is 4.79 Å². The van der Waals surface area contributed by atoms with E-state index in [1.807, 2.05) is 32.9 Å². The van der Waals surface area contributed by atoms with Gasteiger partial charge < -0.3 is 24.6 Å². The molecule has 0 aliphatic carbocycles. The van der Waals surface area contributed by atoms with Crippen molar-refractivity contribution in [2.45, 2.75) is 58.7 Å². The maximum Gasteiger partial charge on any atom is 0.343 e. The minimum absolute atomic E-state index is 0.0222. The largest absolute Gasteiger partial charge is 0.482 e. The normalized spacial score (nSPS) is 14.4. The highest BCUT2D eigenvalue weighted by atomic mass is 19.1. The van der Waals surface area contributed by atoms with Gasteiger partial charge in [-0.25, -0.2) is 19.2 Å². The van der Waals surface area contributed by atoms with Gasteiger partial charge in [0.2, 0.25) is 0 Å². The number of nitriles is 1. The number of methoxy groups -OCH3 is 1. The highest BCUT2D eigenvalue weighted by molar-refractivity contribution is 5.96. The predicted molar refractivity (Wildman–Crippen MR) is 164 cm³/mol. The molecule has 232 valence electrons. The number of amides is 1. The lowest BCUT2D eigenvalue weighted by molar-refractivity contribution is -0.142. The van der Waals surface area contributed by atoms with Crippen molar-refractivity contribution < 1.29 is 23.5 Å². The molecule has 2 heterocycles. The molecule has 1 fully saturated rings. The quantitative estimate of drug-likeness (QED) is 0.302. The summed E-state index contributed by atoms with van der Waals surface area (Å²) in [6.07, 6.45) is 3.99. The van der Waals surface area contributed by atoms with Crippen LogP contribution in [-0.4, -0.2) is 72.2 Å². The number of rotatable bonds is 12. The topological polar surface area (TPSA) is 121 Å². The number of ether oxygens (including phenoxy) is 2. The molecule has 1 aliphatic heterocycles. The second-order valence-corrected chi connectivity index (χ2v) is 11.1. The third-order valence-electron chi connectivity index (χ3n) is 7.98. The van der Waals surface area contributed by atoms with Crippen LogP contribution in [0.1, 0.15) is 59.1 Å². The summed E-state index contributed by atoms with van der Waals surface area (Å²) in [5.41, 5.74) is 3.61. The number of nitrogens with zero attached hydrogens (tertiary/aromatic N) is 5. The molecule has 1 aliphatic rings. The number of nitrogens with one attached hydrogen (secondary N) is 1. The molecule has 0 spiro atoms. The SMILES string of the molecule is COC(=O)COc1ccc(N(Cc2cc(C#N)ccc2F)C2CCN(CC[C@@H](C)NC(=O)c3c(C)ncnc3C)CC2)cc1. The van der Waals surface area contributed by atoms with E-state index in [2.05, 4.69) is 35.9 Å². The molecule has 1 atom stereocenters. The molecule has 44 heavy (non-hydrogen) atoms. The summed E-state index contributed by atoms with van der Waals surface area (Å²) in [4.78, 5) is 37.2. The van der Waals surface area contributed by atoms with Crippen LogP contribution >= 0.6 is 0 Å². The summed E-state index contributed by atoms with van der Waals surface area (Å²) in [6, 6.07) is 14.0. The number of halogens is 1. The van der Waals surface area contributed by atoms with Gasteiger partial charge in [0.1, 0.15) is 17.9 Å². The molecule has 3 aromatic rings. The van der Waals surface area contributed by atoms with Crippen LogP contribution < -0.4 is 15.0 Å². The number of hydrogen-bond acceptors (Lipinski definition) is 9. The van der Waals surface area contributed by atoms with Gasteiger partial charge in [-0.2, -0.15) is 5.26 Å². The second-order valence-electron chi connectivity index (χ2n) is 11.1. The summed E-state index contributed by atoms with van der Waals surface area (Å²) < 4.78 is 25.0. The minimum atomic E-state index is -0.469. The summed E-state index contributed by atoms with van der Waals surface area (Å²) >= 11 is 0. The zero-order valence-electron chi connectivity index (χ0n) is 25.7. The average molecular weight is 603 g/mol. The number of aromatic nitrogens is 2. The standard InChI is InChI=1S/C33H39FN6O4/c1-22(38-33(42)32-23(2)36-21-37-24(32)3)11-14-39-15-12-28(13-16-39)40(19-26-17-25(18-35)5-10-30(26)34)27-6-8-29(9-7-27)44-20-31(41)43-4/h5-10,17,21-22,28H,11-16,19-20H2,1-4H3,(H,38,42)/t22-/m1/s1. The fourth-order valence-corrected chi connectivity index (χ4v) is 5.44. The van der Waals surface area contributed by atoms with Crippen LogP contribution in [0.3, 0.4) is 0 Å². The first-order chi connectivity index (χ1) is 21.2. The van der Waals surface area contributed by atoms with Crippen molar-refractivity contribution in [1.82, 2.24) is 20.2 Å². The monoisotopic (exact) mass is 602 g/mol. The van der Waals surface area contributed by atoms with Crippen molar-refractivity contribution in [3.63, 3.8) is 0 Å². The number of carbonyl (C=O) groups excluding carboxylic acids is 2. The maximum absolute atomic E-state index is 14.9. The number of anilines is 1. The third kappa shape index (κ3) is 8.51. The molecule has 0 bridgehead atoms. The fourth-order valence-electron chi connectivity index (χ4n) is 5.44. The number of benzene rings is 2. The van der Waals surface area contributed by atoms with Crippen molar-refractivity contribution in [2.75, 3.05) is 38.3 Å². The molecule has 1 amide bonds. The van der Waals surface area contributed by atoms with E-state index in [-0.39, 0.29) is 30.4 Å². The Labute approximate surface area is 257 Å². The van der Waals surface area contributed by atoms with E-state index in [4.69, 9.17) is 4.74 Å². The lowest BCUT2D eigenvalue weighted by Crippen LogP contribution is -2.46. The minimum Gasteiger partial charge on any atom is -0.482 e. The summed E-state index contributed by atoms with van der Waals surface area (Å²) in [5, 5.41) is 12.5. The van der Waals surface area contributed by atoms with Crippen molar-refractivity contribution in [2.24, 2.45) is 0 Å². The van der Waals surface area contributed by atoms with Crippen LogP contribution in [0.25, 0.3) is 0 Å². The molecule has 1 saturated heterocycles. The van der Waals surface area contributed by atoms with Gasteiger partial charge >= 0.3 is 5.97 Å². The Balaban J connectivity index is 1.39. The van der Waals surface area contributed by atoms with Gasteiger partial charge in [-0.1, -0.05) is 0 Å². The first-order valence-electron chi connectivity index (χ1n) is 14.7. The fraction of sp³-hybridized carbons (Fsp3) is 0.424. The average Bonchev–Trinajstić information content (AvgIpc) is 3.02. The number of carbonyl (C=O) groups is 2. The third-order valence-corrected chi connectivity index (χ3v) is 7.98. The molecule has 0 unspecified atom stereocenters. The molecule has 0 saturated carbocycles. The van der Waals surface area contributed by atoms with Gasteiger partial charge in [0.25, 0.3) is 5.91 Å². The number of aryl methyl sites for hydroxylation is 2. The number of piperidine rings is 1. The number of hydrogen-bond donors (Lipinski definition) is 1. The van der Waals surface area contributed by atoms with Crippen LogP contribution in [0.15, 0.2) is 48.8 Å². The molecular weight excluding hydrogens is 563 g/mol. The van der Waals surface area contributed by atoms with Gasteiger partial charge in [0.15, 0.2) is 6.61 Å². The summed E-state index contributed by atoms with van der Waals surface area (Å²) in [7, 11) is 1.31. The van der Waals surface area contributed by atoms with Gasteiger partial charge in [0, 0.05) is 49.5 Å². The van der Waals surface area contributed by atoms with E-state index >= 15 is 0 Å². The first kappa shape index (κ1) is 32.4. The molecule has 10 nitrogen and oxygen atoms in total. The van der Waals surface area contributed by atoms with Crippen LogP contribution in [-0.2, 0) is 16.1 Å². The maximum atomic E-state index is 14.9. The zero-order chi connectivity index (χ0) is 31.6. The lowest BCUT2D eigenvalue weighted by Gasteiger charge is -2.40. The Kier molecular flexibility index (Phi) is 11.2. The van der Waals surface area contributed by atoms with E-state index in [1.165, 1.54) is 25.6 Å². The predicted octanol–water partition coefficient (Wildman–Crippen LogP) is 4.34. The Morgan fingerprint density at radius 2 is 1.82 bits per heavy atom. The molecule has 4 rings (SSSR count). The van der Waals surface area contributed by atoms with Crippen molar-refractivity contribution in [3.05, 3.63) is 82.7 Å². The molecule has 1 N–H and O–H groups in total. The molecule has 11 heteroatoms. The number of likely N-dealkylation sites (tertiary alicyclic amines) is 1. The van der Waals surface area contributed by atoms with Crippen molar-refractivity contribution >= 4 is 17.6 Å². The summed E-state index contributed by atoms with van der Waals surface area (Å²) in [5.74, 6) is -0.453. The van der Waals surface area contributed by atoms with E-state index in [1.54, 1.807) is 18.2 Å².